The predicted molar refractivity (Wildman–Crippen MR) is 174 cm³/mol. The van der Waals surface area contributed by atoms with Crippen molar-refractivity contribution in [2.24, 2.45) is 0 Å². The van der Waals surface area contributed by atoms with Crippen LogP contribution in [0.4, 0.5) is 11.4 Å². The first-order valence-electron chi connectivity index (χ1n) is 15.6. The lowest BCUT2D eigenvalue weighted by atomic mass is 10.1. The van der Waals surface area contributed by atoms with E-state index in [0.29, 0.717) is 60.3 Å². The van der Waals surface area contributed by atoms with Gasteiger partial charge in [-0.1, -0.05) is 0 Å². The summed E-state index contributed by atoms with van der Waals surface area (Å²) in [6.45, 7) is 1.08. The molecular formula is C35H33N7O5. The number of rotatable bonds is 8. The molecule has 0 aliphatic carbocycles. The Morgan fingerprint density at radius 2 is 1.17 bits per heavy atom. The number of carbonyl (C=O) groups excluding carboxylic acids is 4. The highest BCUT2D eigenvalue weighted by Gasteiger charge is 2.36. The van der Waals surface area contributed by atoms with Gasteiger partial charge in [-0.15, -0.1) is 0 Å². The minimum Gasteiger partial charge on any atom is -0.436 e. The van der Waals surface area contributed by atoms with Gasteiger partial charge in [0.1, 0.15) is 23.5 Å². The number of oxazole rings is 1. The molecule has 2 aliphatic rings. The predicted octanol–water partition coefficient (Wildman–Crippen LogP) is 5.15. The zero-order valence-electron chi connectivity index (χ0n) is 25.4. The maximum atomic E-state index is 13.1. The lowest BCUT2D eigenvalue weighted by Gasteiger charge is -2.23. The van der Waals surface area contributed by atoms with E-state index in [0.717, 1.165) is 24.0 Å². The van der Waals surface area contributed by atoms with Crippen LogP contribution in [-0.4, -0.2) is 73.6 Å². The monoisotopic (exact) mass is 631 g/mol. The van der Waals surface area contributed by atoms with E-state index in [1.807, 2.05) is 24.3 Å². The van der Waals surface area contributed by atoms with Gasteiger partial charge in [0, 0.05) is 48.0 Å². The number of hydrogen-bond acceptors (Lipinski definition) is 6. The van der Waals surface area contributed by atoms with Gasteiger partial charge >= 0.3 is 0 Å². The highest BCUT2D eigenvalue weighted by Crippen LogP contribution is 2.29. The molecule has 238 valence electrons. The fourth-order valence-electron chi connectivity index (χ4n) is 6.21. The zero-order valence-corrected chi connectivity index (χ0v) is 25.4. The first kappa shape index (κ1) is 29.8. The normalized spacial score (nSPS) is 17.5. The molecule has 0 radical (unpaired) electrons. The second kappa shape index (κ2) is 12.8. The van der Waals surface area contributed by atoms with Crippen molar-refractivity contribution >= 4 is 35.0 Å². The van der Waals surface area contributed by atoms with Crippen LogP contribution in [0.15, 0.2) is 95.8 Å². The van der Waals surface area contributed by atoms with Gasteiger partial charge in [-0.3, -0.25) is 19.2 Å². The number of benzene rings is 2. The SMILES string of the molecule is O=C(Nc1ccc(-c2cnc(-c3ccc(NC(=O)[C@@H]4CCCN4C(=O)c4ccc[nH]4)cc3)o2)cc1)[C@@H]1CCCN1C(=O)c1ccc[nH]1. The third kappa shape index (κ3) is 6.17. The molecule has 7 rings (SSSR count). The van der Waals surface area contributed by atoms with Crippen LogP contribution in [0.1, 0.15) is 46.7 Å². The van der Waals surface area contributed by atoms with E-state index in [9.17, 15) is 19.2 Å². The van der Waals surface area contributed by atoms with E-state index in [1.165, 1.54) is 0 Å². The van der Waals surface area contributed by atoms with Crippen LogP contribution in [-0.2, 0) is 9.59 Å². The van der Waals surface area contributed by atoms with Gasteiger partial charge in [0.2, 0.25) is 17.7 Å². The number of likely N-dealkylation sites (tertiary alicyclic amines) is 2. The minimum absolute atomic E-state index is 0.180. The zero-order chi connectivity index (χ0) is 32.3. The van der Waals surface area contributed by atoms with Gasteiger partial charge in [0.25, 0.3) is 11.8 Å². The third-order valence-electron chi connectivity index (χ3n) is 8.63. The van der Waals surface area contributed by atoms with E-state index < -0.39 is 12.1 Å². The molecule has 0 saturated carbocycles. The number of amides is 4. The lowest BCUT2D eigenvalue weighted by Crippen LogP contribution is -2.43. The average molecular weight is 632 g/mol. The van der Waals surface area contributed by atoms with Gasteiger partial charge < -0.3 is 34.8 Å². The van der Waals surface area contributed by atoms with Crippen LogP contribution < -0.4 is 10.6 Å². The van der Waals surface area contributed by atoms with E-state index in [1.54, 1.807) is 76.9 Å². The number of nitrogens with one attached hydrogen (secondary N) is 4. The van der Waals surface area contributed by atoms with Crippen LogP contribution in [0, 0.1) is 0 Å². The molecule has 47 heavy (non-hydrogen) atoms. The summed E-state index contributed by atoms with van der Waals surface area (Å²) in [7, 11) is 0. The summed E-state index contributed by atoms with van der Waals surface area (Å²) >= 11 is 0. The van der Waals surface area contributed by atoms with E-state index in [-0.39, 0.29) is 23.6 Å². The fraction of sp³-hybridized carbons (Fsp3) is 0.229. The van der Waals surface area contributed by atoms with Crippen LogP contribution in [0.25, 0.3) is 22.8 Å². The highest BCUT2D eigenvalue weighted by atomic mass is 16.4. The van der Waals surface area contributed by atoms with Crippen molar-refractivity contribution in [2.75, 3.05) is 23.7 Å². The van der Waals surface area contributed by atoms with Crippen molar-refractivity contribution in [1.29, 1.82) is 0 Å². The second-order valence-corrected chi connectivity index (χ2v) is 11.6. The van der Waals surface area contributed by atoms with Crippen LogP contribution >= 0.6 is 0 Å². The van der Waals surface area contributed by atoms with Crippen molar-refractivity contribution in [2.45, 2.75) is 37.8 Å². The number of hydrogen-bond donors (Lipinski definition) is 4. The molecule has 0 spiro atoms. The van der Waals surface area contributed by atoms with Gasteiger partial charge in [0.05, 0.1) is 6.20 Å². The average Bonchev–Trinajstić information content (AvgIpc) is 3.93. The molecule has 2 aromatic carbocycles. The van der Waals surface area contributed by atoms with Crippen LogP contribution in [0.5, 0.6) is 0 Å². The Kier molecular flexibility index (Phi) is 8.13. The largest absolute Gasteiger partial charge is 0.436 e. The van der Waals surface area contributed by atoms with E-state index in [2.05, 4.69) is 25.6 Å². The Labute approximate surface area is 270 Å². The number of carbonyl (C=O) groups is 4. The summed E-state index contributed by atoms with van der Waals surface area (Å²) in [5.74, 6) is 0.171. The highest BCUT2D eigenvalue weighted by molar-refractivity contribution is 6.02. The molecule has 0 bridgehead atoms. The minimum atomic E-state index is -0.532. The van der Waals surface area contributed by atoms with Gasteiger partial charge in [-0.05, 0) is 98.5 Å². The van der Waals surface area contributed by atoms with Crippen LogP contribution in [0.2, 0.25) is 0 Å². The summed E-state index contributed by atoms with van der Waals surface area (Å²) in [6.07, 6.45) is 7.78. The first-order chi connectivity index (χ1) is 22.9. The van der Waals surface area contributed by atoms with Crippen molar-refractivity contribution < 1.29 is 23.6 Å². The Hall–Kier alpha value is -5.91. The topological polar surface area (TPSA) is 156 Å². The molecule has 2 aliphatic heterocycles. The molecule has 3 aromatic heterocycles. The number of H-pyrrole nitrogens is 2. The summed E-state index contributed by atoms with van der Waals surface area (Å²) in [5, 5.41) is 5.86. The van der Waals surface area contributed by atoms with Crippen molar-refractivity contribution in [1.82, 2.24) is 24.8 Å². The Balaban J connectivity index is 0.954. The smallest absolute Gasteiger partial charge is 0.270 e. The molecule has 2 fully saturated rings. The Bertz CT molecular complexity index is 1740. The van der Waals surface area contributed by atoms with E-state index >= 15 is 0 Å². The Morgan fingerprint density at radius 1 is 0.681 bits per heavy atom. The van der Waals surface area contributed by atoms with E-state index in [4.69, 9.17) is 4.42 Å². The maximum Gasteiger partial charge on any atom is 0.270 e. The molecule has 5 aromatic rings. The summed E-state index contributed by atoms with van der Waals surface area (Å²) in [5.41, 5.74) is 3.68. The first-order valence-corrected chi connectivity index (χ1v) is 15.6. The molecule has 12 nitrogen and oxygen atoms in total. The van der Waals surface area contributed by atoms with Crippen molar-refractivity contribution in [3.8, 4) is 22.8 Å². The van der Waals surface area contributed by atoms with Crippen molar-refractivity contribution in [3.05, 3.63) is 103 Å². The standard InChI is InChI=1S/C35H33N7O5/c43-31(28-7-3-19-41(28)34(45)26-5-1-17-36-26)39-24-13-9-22(10-14-24)30-21-38-33(47-30)23-11-15-25(16-12-23)40-32(44)29-8-4-20-42(29)35(46)27-6-2-18-37-27/h1-2,5-6,9-18,21,28-29,36-37H,3-4,7-8,19-20H2,(H,39,43)(H,40,44)/t28-,29-/m0/s1. The molecule has 2 saturated heterocycles. The van der Waals surface area contributed by atoms with Gasteiger partial charge in [-0.25, -0.2) is 4.98 Å². The molecule has 5 heterocycles. The Morgan fingerprint density at radius 3 is 1.64 bits per heavy atom. The molecule has 12 heteroatoms. The summed E-state index contributed by atoms with van der Waals surface area (Å²) < 4.78 is 6.03. The van der Waals surface area contributed by atoms with Crippen molar-refractivity contribution in [3.63, 3.8) is 0 Å². The molecule has 0 unspecified atom stereocenters. The van der Waals surface area contributed by atoms with Gasteiger partial charge in [-0.2, -0.15) is 0 Å². The number of aromatic amines is 2. The summed E-state index contributed by atoms with van der Waals surface area (Å²) in [6, 6.07) is 20.3. The lowest BCUT2D eigenvalue weighted by molar-refractivity contribution is -0.120. The summed E-state index contributed by atoms with van der Waals surface area (Å²) in [4.78, 5) is 65.3. The number of nitrogens with zero attached hydrogens (tertiary/aromatic N) is 3. The second-order valence-electron chi connectivity index (χ2n) is 11.6. The number of anilines is 2. The van der Waals surface area contributed by atoms with Crippen LogP contribution in [0.3, 0.4) is 0 Å². The van der Waals surface area contributed by atoms with Gasteiger partial charge in [0.15, 0.2) is 5.76 Å². The third-order valence-corrected chi connectivity index (χ3v) is 8.63. The molecular weight excluding hydrogens is 598 g/mol. The molecule has 2 atom stereocenters. The fourth-order valence-corrected chi connectivity index (χ4v) is 6.21. The number of aromatic nitrogens is 3. The maximum absolute atomic E-state index is 13.1. The molecule has 4 amide bonds. The molecule has 4 N–H and O–H groups in total. The quantitative estimate of drug-likeness (QED) is 0.186.